The molecule has 0 unspecified atom stereocenters. The lowest BCUT2D eigenvalue weighted by molar-refractivity contribution is -0.123. The Hall–Kier alpha value is -3.35. The average molecular weight is 407 g/mol. The number of fused-ring (bicyclic) bond motifs is 3. The predicted octanol–water partition coefficient (Wildman–Crippen LogP) is 3.35. The van der Waals surface area contributed by atoms with Crippen LogP contribution in [-0.2, 0) is 20.7 Å². The van der Waals surface area contributed by atoms with Gasteiger partial charge in [0.1, 0.15) is 6.04 Å². The van der Waals surface area contributed by atoms with E-state index in [1.165, 1.54) is 12.5 Å². The molecule has 7 heteroatoms. The fourth-order valence-electron chi connectivity index (χ4n) is 3.91. The number of carbonyl (C=O) groups is 3. The minimum atomic E-state index is -0.961. The summed E-state index contributed by atoms with van der Waals surface area (Å²) in [4.78, 5) is 39.3. The Kier molecular flexibility index (Phi) is 5.44. The standard InChI is InChI=1S/C23H25N3O4/c1-3-15-6-9-17(10-7-15)24-21(27)14(2)30-23(29)16-8-11-19-18(13-16)25-22(28)20-5-4-12-26(19)20/h6-11,13-14,20H,3-5,12H2,1-2H3,(H,24,27)(H,25,28)/t14-,20+/m0/s1. The number of amides is 2. The first-order valence-electron chi connectivity index (χ1n) is 10.3. The first-order valence-corrected chi connectivity index (χ1v) is 10.3. The van der Waals surface area contributed by atoms with Crippen LogP contribution in [0.15, 0.2) is 42.5 Å². The quantitative estimate of drug-likeness (QED) is 0.742. The summed E-state index contributed by atoms with van der Waals surface area (Å²) in [7, 11) is 0. The van der Waals surface area contributed by atoms with Gasteiger partial charge in [-0.25, -0.2) is 4.79 Å². The Morgan fingerprint density at radius 1 is 1.23 bits per heavy atom. The molecule has 0 spiro atoms. The van der Waals surface area contributed by atoms with E-state index in [9.17, 15) is 14.4 Å². The zero-order valence-electron chi connectivity index (χ0n) is 17.1. The number of hydrogen-bond acceptors (Lipinski definition) is 5. The second-order valence-electron chi connectivity index (χ2n) is 7.66. The van der Waals surface area contributed by atoms with Crippen molar-refractivity contribution in [3.05, 3.63) is 53.6 Å². The molecule has 1 fully saturated rings. The minimum absolute atomic E-state index is 0.0487. The number of anilines is 3. The molecule has 0 aromatic heterocycles. The highest BCUT2D eigenvalue weighted by Crippen LogP contribution is 2.37. The molecule has 0 bridgehead atoms. The summed E-state index contributed by atoms with van der Waals surface area (Å²) in [5.41, 5.74) is 3.62. The third kappa shape index (κ3) is 3.87. The van der Waals surface area contributed by atoms with Gasteiger partial charge in [0, 0.05) is 12.2 Å². The van der Waals surface area contributed by atoms with E-state index in [-0.39, 0.29) is 11.9 Å². The Labute approximate surface area is 175 Å². The van der Waals surface area contributed by atoms with Crippen LogP contribution in [0.4, 0.5) is 17.1 Å². The van der Waals surface area contributed by atoms with E-state index in [0.29, 0.717) is 16.9 Å². The van der Waals surface area contributed by atoms with Crippen molar-refractivity contribution in [2.75, 3.05) is 22.1 Å². The number of nitrogens with zero attached hydrogens (tertiary/aromatic N) is 1. The first kappa shape index (κ1) is 19.9. The van der Waals surface area contributed by atoms with Crippen molar-refractivity contribution in [3.8, 4) is 0 Å². The number of aryl methyl sites for hydroxylation is 1. The third-order valence-electron chi connectivity index (χ3n) is 5.64. The van der Waals surface area contributed by atoms with Gasteiger partial charge >= 0.3 is 5.97 Å². The van der Waals surface area contributed by atoms with Gasteiger partial charge in [0.25, 0.3) is 5.91 Å². The normalized spacial score (nSPS) is 18.1. The highest BCUT2D eigenvalue weighted by atomic mass is 16.5. The van der Waals surface area contributed by atoms with E-state index >= 15 is 0 Å². The summed E-state index contributed by atoms with van der Waals surface area (Å²) in [6, 6.07) is 12.5. The maximum absolute atomic E-state index is 12.6. The van der Waals surface area contributed by atoms with Crippen LogP contribution in [0.2, 0.25) is 0 Å². The Morgan fingerprint density at radius 2 is 2.00 bits per heavy atom. The van der Waals surface area contributed by atoms with Gasteiger partial charge in [0.05, 0.1) is 16.9 Å². The molecule has 1 saturated heterocycles. The van der Waals surface area contributed by atoms with Gasteiger partial charge in [-0.2, -0.15) is 0 Å². The topological polar surface area (TPSA) is 87.7 Å². The second-order valence-corrected chi connectivity index (χ2v) is 7.66. The SMILES string of the molecule is CCc1ccc(NC(=O)[C@H](C)OC(=O)c2ccc3c(c2)NC(=O)[C@H]2CCCN32)cc1. The van der Waals surface area contributed by atoms with Crippen LogP contribution in [-0.4, -0.2) is 36.5 Å². The van der Waals surface area contributed by atoms with Crippen LogP contribution in [0.25, 0.3) is 0 Å². The lowest BCUT2D eigenvalue weighted by Gasteiger charge is -2.33. The van der Waals surface area contributed by atoms with E-state index in [0.717, 1.165) is 31.5 Å². The Morgan fingerprint density at radius 3 is 2.73 bits per heavy atom. The lowest BCUT2D eigenvalue weighted by atomic mass is 10.1. The zero-order valence-corrected chi connectivity index (χ0v) is 17.1. The van der Waals surface area contributed by atoms with E-state index in [1.54, 1.807) is 12.1 Å². The molecule has 4 rings (SSSR count). The van der Waals surface area contributed by atoms with Crippen molar-refractivity contribution in [2.24, 2.45) is 0 Å². The molecule has 2 heterocycles. The van der Waals surface area contributed by atoms with Crippen LogP contribution >= 0.6 is 0 Å². The molecule has 2 aromatic rings. The Balaban J connectivity index is 1.41. The van der Waals surface area contributed by atoms with Crippen molar-refractivity contribution in [1.29, 1.82) is 0 Å². The number of rotatable bonds is 5. The van der Waals surface area contributed by atoms with Gasteiger partial charge in [0.15, 0.2) is 6.10 Å². The van der Waals surface area contributed by atoms with Gasteiger partial charge in [-0.3, -0.25) is 9.59 Å². The molecular formula is C23H25N3O4. The average Bonchev–Trinajstić information content (AvgIpc) is 3.24. The zero-order chi connectivity index (χ0) is 21.3. The van der Waals surface area contributed by atoms with Crippen LogP contribution < -0.4 is 15.5 Å². The lowest BCUT2D eigenvalue weighted by Crippen LogP contribution is -2.43. The van der Waals surface area contributed by atoms with Crippen LogP contribution in [0.5, 0.6) is 0 Å². The highest BCUT2D eigenvalue weighted by Gasteiger charge is 2.36. The van der Waals surface area contributed by atoms with Crippen LogP contribution in [0, 0.1) is 0 Å². The molecule has 2 aromatic carbocycles. The largest absolute Gasteiger partial charge is 0.449 e. The van der Waals surface area contributed by atoms with E-state index in [4.69, 9.17) is 4.74 Å². The van der Waals surface area contributed by atoms with Gasteiger partial charge in [-0.15, -0.1) is 0 Å². The van der Waals surface area contributed by atoms with Crippen molar-refractivity contribution < 1.29 is 19.1 Å². The van der Waals surface area contributed by atoms with Crippen LogP contribution in [0.1, 0.15) is 42.6 Å². The van der Waals surface area contributed by atoms with E-state index < -0.39 is 18.0 Å². The van der Waals surface area contributed by atoms with E-state index in [1.807, 2.05) is 30.3 Å². The molecule has 2 amide bonds. The monoisotopic (exact) mass is 407 g/mol. The predicted molar refractivity (Wildman–Crippen MR) is 115 cm³/mol. The molecule has 7 nitrogen and oxygen atoms in total. The molecule has 2 aliphatic rings. The number of benzene rings is 2. The molecule has 0 radical (unpaired) electrons. The maximum Gasteiger partial charge on any atom is 0.338 e. The van der Waals surface area contributed by atoms with Gasteiger partial charge < -0.3 is 20.3 Å². The number of ether oxygens (including phenoxy) is 1. The number of hydrogen-bond donors (Lipinski definition) is 2. The summed E-state index contributed by atoms with van der Waals surface area (Å²) < 4.78 is 5.34. The van der Waals surface area contributed by atoms with Crippen molar-refractivity contribution in [3.63, 3.8) is 0 Å². The summed E-state index contributed by atoms with van der Waals surface area (Å²) in [5.74, 6) is -1.06. The maximum atomic E-state index is 12.6. The molecule has 2 aliphatic heterocycles. The molecule has 0 saturated carbocycles. The fourth-order valence-corrected chi connectivity index (χ4v) is 3.91. The molecule has 2 atom stereocenters. The summed E-state index contributed by atoms with van der Waals surface area (Å²) >= 11 is 0. The first-order chi connectivity index (χ1) is 14.5. The van der Waals surface area contributed by atoms with Gasteiger partial charge in [-0.1, -0.05) is 19.1 Å². The molecule has 156 valence electrons. The number of carbonyl (C=O) groups excluding carboxylic acids is 3. The summed E-state index contributed by atoms with van der Waals surface area (Å²) in [6.07, 6.45) is 1.76. The summed E-state index contributed by atoms with van der Waals surface area (Å²) in [6.45, 7) is 4.42. The van der Waals surface area contributed by atoms with Crippen LogP contribution in [0.3, 0.4) is 0 Å². The second kappa shape index (κ2) is 8.18. The van der Waals surface area contributed by atoms with Crippen molar-refractivity contribution >= 4 is 34.8 Å². The molecule has 2 N–H and O–H groups in total. The number of nitrogens with one attached hydrogen (secondary N) is 2. The van der Waals surface area contributed by atoms with Crippen molar-refractivity contribution in [1.82, 2.24) is 0 Å². The highest BCUT2D eigenvalue weighted by molar-refractivity contribution is 6.05. The number of esters is 1. The summed E-state index contributed by atoms with van der Waals surface area (Å²) in [5, 5.41) is 5.63. The fraction of sp³-hybridized carbons (Fsp3) is 0.348. The van der Waals surface area contributed by atoms with E-state index in [2.05, 4.69) is 22.5 Å². The third-order valence-corrected chi connectivity index (χ3v) is 5.64. The molecular weight excluding hydrogens is 382 g/mol. The molecule has 30 heavy (non-hydrogen) atoms. The molecule has 0 aliphatic carbocycles. The Bertz CT molecular complexity index is 986. The van der Waals surface area contributed by atoms with Gasteiger partial charge in [-0.05, 0) is 62.1 Å². The smallest absolute Gasteiger partial charge is 0.338 e. The van der Waals surface area contributed by atoms with Gasteiger partial charge in [0.2, 0.25) is 5.91 Å². The minimum Gasteiger partial charge on any atom is -0.449 e. The van der Waals surface area contributed by atoms with Crippen molar-refractivity contribution in [2.45, 2.75) is 45.3 Å².